The summed E-state index contributed by atoms with van der Waals surface area (Å²) in [5.41, 5.74) is 2.04. The van der Waals surface area contributed by atoms with Crippen molar-refractivity contribution in [1.82, 2.24) is 25.5 Å². The van der Waals surface area contributed by atoms with Gasteiger partial charge in [0, 0.05) is 0 Å². The summed E-state index contributed by atoms with van der Waals surface area (Å²) in [7, 11) is 0. The van der Waals surface area contributed by atoms with Gasteiger partial charge in [0.25, 0.3) is 0 Å². The third-order valence-electron chi connectivity index (χ3n) is 4.79. The molecular formula is C20H27N5O2S. The van der Waals surface area contributed by atoms with Crippen LogP contribution in [0.4, 0.5) is 0 Å². The van der Waals surface area contributed by atoms with Gasteiger partial charge in [0.15, 0.2) is 5.82 Å². The standard InChI is InChI=1S/C20H27N5O2S/c1-11-25(10-15-21-23-24-22-15)18(27)17(28-11)12-8-13(19(2,3)4)16(26)14(9-12)20(5,6)7/h8-9,17,26H,1,10H2,2-7H3,(H,21,22,23,24). The maximum atomic E-state index is 13.1. The molecule has 0 spiro atoms. The summed E-state index contributed by atoms with van der Waals surface area (Å²) in [6.07, 6.45) is 0. The van der Waals surface area contributed by atoms with Crippen molar-refractivity contribution in [3.05, 3.63) is 46.3 Å². The van der Waals surface area contributed by atoms with Gasteiger partial charge in [-0.2, -0.15) is 5.21 Å². The highest BCUT2D eigenvalue weighted by atomic mass is 32.2. The van der Waals surface area contributed by atoms with E-state index >= 15 is 0 Å². The van der Waals surface area contributed by atoms with E-state index in [4.69, 9.17) is 0 Å². The highest BCUT2D eigenvalue weighted by Gasteiger charge is 2.39. The smallest absolute Gasteiger partial charge is 0.245 e. The molecule has 1 amide bonds. The van der Waals surface area contributed by atoms with Crippen molar-refractivity contribution in [2.75, 3.05) is 0 Å². The van der Waals surface area contributed by atoms with Crippen molar-refractivity contribution < 1.29 is 9.90 Å². The van der Waals surface area contributed by atoms with Gasteiger partial charge in [-0.15, -0.1) is 10.2 Å². The lowest BCUT2D eigenvalue weighted by atomic mass is 9.78. The van der Waals surface area contributed by atoms with Gasteiger partial charge in [0.05, 0.1) is 11.6 Å². The van der Waals surface area contributed by atoms with Gasteiger partial charge < -0.3 is 5.11 Å². The Kier molecular flexibility index (Phi) is 5.04. The normalized spacial score (nSPS) is 18.2. The highest BCUT2D eigenvalue weighted by molar-refractivity contribution is 8.04. The quantitative estimate of drug-likeness (QED) is 0.812. The van der Waals surface area contributed by atoms with Crippen molar-refractivity contribution in [2.24, 2.45) is 0 Å². The molecule has 1 unspecified atom stereocenters. The summed E-state index contributed by atoms with van der Waals surface area (Å²) in [5.74, 6) is 0.680. The van der Waals surface area contributed by atoms with Crippen molar-refractivity contribution in [3.63, 3.8) is 0 Å². The van der Waals surface area contributed by atoms with Crippen LogP contribution in [0.1, 0.15) is 69.3 Å². The molecule has 0 bridgehead atoms. The fourth-order valence-corrected chi connectivity index (χ4v) is 4.29. The number of hydrogen-bond acceptors (Lipinski definition) is 6. The number of hydrogen-bond donors (Lipinski definition) is 2. The lowest BCUT2D eigenvalue weighted by Gasteiger charge is -2.29. The van der Waals surface area contributed by atoms with Gasteiger partial charge >= 0.3 is 0 Å². The molecule has 28 heavy (non-hydrogen) atoms. The molecule has 1 atom stereocenters. The summed E-state index contributed by atoms with van der Waals surface area (Å²) in [6, 6.07) is 3.90. The topological polar surface area (TPSA) is 95.0 Å². The number of aromatic amines is 1. The van der Waals surface area contributed by atoms with E-state index in [2.05, 4.69) is 68.7 Å². The van der Waals surface area contributed by atoms with Gasteiger partial charge in [0.2, 0.25) is 5.91 Å². The van der Waals surface area contributed by atoms with Crippen LogP contribution < -0.4 is 0 Å². The minimum absolute atomic E-state index is 0.0646. The summed E-state index contributed by atoms with van der Waals surface area (Å²) < 4.78 is 0. The Bertz CT molecular complexity index is 875. The number of aromatic hydroxyl groups is 1. The first-order chi connectivity index (χ1) is 12.9. The number of rotatable bonds is 3. The minimum Gasteiger partial charge on any atom is -0.507 e. The molecule has 2 aromatic rings. The number of phenols is 1. The summed E-state index contributed by atoms with van der Waals surface area (Å²) >= 11 is 1.42. The van der Waals surface area contributed by atoms with Crippen molar-refractivity contribution in [2.45, 2.75) is 64.2 Å². The molecule has 1 aliphatic rings. The summed E-state index contributed by atoms with van der Waals surface area (Å²) in [6.45, 7) is 16.6. The molecule has 2 heterocycles. The molecule has 0 saturated carbocycles. The van der Waals surface area contributed by atoms with Crippen LogP contribution in [0.25, 0.3) is 0 Å². The Morgan fingerprint density at radius 3 is 2.21 bits per heavy atom. The average molecular weight is 402 g/mol. The molecule has 1 aromatic carbocycles. The minimum atomic E-state index is -0.415. The second kappa shape index (κ2) is 6.92. The van der Waals surface area contributed by atoms with E-state index in [1.165, 1.54) is 11.8 Å². The zero-order valence-corrected chi connectivity index (χ0v) is 18.0. The number of H-pyrrole nitrogens is 1. The first-order valence-electron chi connectivity index (χ1n) is 9.16. The van der Waals surface area contributed by atoms with Crippen LogP contribution in [-0.2, 0) is 22.2 Å². The van der Waals surface area contributed by atoms with Crippen LogP contribution in [-0.4, -0.2) is 36.5 Å². The van der Waals surface area contributed by atoms with E-state index in [-0.39, 0.29) is 23.3 Å². The van der Waals surface area contributed by atoms with Crippen LogP contribution in [0.3, 0.4) is 0 Å². The number of carbonyl (C=O) groups excluding carboxylic acids is 1. The van der Waals surface area contributed by atoms with Crippen LogP contribution in [0, 0.1) is 0 Å². The van der Waals surface area contributed by atoms with E-state index in [1.807, 2.05) is 12.1 Å². The number of benzene rings is 1. The molecule has 1 aromatic heterocycles. The van der Waals surface area contributed by atoms with Gasteiger partial charge in [-0.1, -0.05) is 65.1 Å². The van der Waals surface area contributed by atoms with Crippen LogP contribution in [0.15, 0.2) is 23.7 Å². The second-order valence-corrected chi connectivity index (χ2v) is 10.3. The van der Waals surface area contributed by atoms with E-state index in [9.17, 15) is 9.90 Å². The fourth-order valence-electron chi connectivity index (χ4n) is 3.23. The lowest BCUT2D eigenvalue weighted by molar-refractivity contribution is -0.128. The third kappa shape index (κ3) is 3.78. The summed E-state index contributed by atoms with van der Waals surface area (Å²) in [4.78, 5) is 14.7. The predicted octanol–water partition coefficient (Wildman–Crippen LogP) is 3.79. The molecule has 1 saturated heterocycles. The second-order valence-electron chi connectivity index (χ2n) is 9.11. The van der Waals surface area contributed by atoms with Crippen molar-refractivity contribution in [1.29, 1.82) is 0 Å². The van der Waals surface area contributed by atoms with E-state index < -0.39 is 5.25 Å². The Hall–Kier alpha value is -2.35. The number of phenolic OH excluding ortho intramolecular Hbond substituents is 1. The van der Waals surface area contributed by atoms with E-state index in [1.54, 1.807) is 4.90 Å². The molecule has 0 radical (unpaired) electrons. The number of tetrazole rings is 1. The largest absolute Gasteiger partial charge is 0.507 e. The van der Waals surface area contributed by atoms with Gasteiger partial charge in [-0.3, -0.25) is 9.69 Å². The number of amides is 1. The number of nitrogens with one attached hydrogen (secondary N) is 1. The number of nitrogens with zero attached hydrogens (tertiary/aromatic N) is 4. The molecule has 1 aliphatic heterocycles. The van der Waals surface area contributed by atoms with Gasteiger partial charge in [-0.25, -0.2) is 0 Å². The average Bonchev–Trinajstić information content (AvgIpc) is 3.17. The third-order valence-corrected chi connectivity index (χ3v) is 5.99. The summed E-state index contributed by atoms with van der Waals surface area (Å²) in [5, 5.41) is 25.0. The number of aromatic nitrogens is 4. The maximum Gasteiger partial charge on any atom is 0.245 e. The SMILES string of the molecule is C=C1SC(c2cc(C(C)(C)C)c(O)c(C(C)(C)C)c2)C(=O)N1Cc1nn[nH]n1. The number of thioether (sulfide) groups is 1. The monoisotopic (exact) mass is 401 g/mol. The Morgan fingerprint density at radius 1 is 1.18 bits per heavy atom. The predicted molar refractivity (Wildman–Crippen MR) is 110 cm³/mol. The number of carbonyl (C=O) groups is 1. The van der Waals surface area contributed by atoms with Crippen LogP contribution >= 0.6 is 11.8 Å². The first kappa shape index (κ1) is 20.4. The Morgan fingerprint density at radius 2 is 1.75 bits per heavy atom. The molecular weight excluding hydrogens is 374 g/mol. The zero-order valence-electron chi connectivity index (χ0n) is 17.2. The first-order valence-corrected chi connectivity index (χ1v) is 10.0. The highest BCUT2D eigenvalue weighted by Crippen LogP contribution is 2.48. The van der Waals surface area contributed by atoms with Gasteiger partial charge in [-0.05, 0) is 39.7 Å². The molecule has 1 fully saturated rings. The van der Waals surface area contributed by atoms with Gasteiger partial charge in [0.1, 0.15) is 11.0 Å². The molecule has 2 N–H and O–H groups in total. The van der Waals surface area contributed by atoms with Crippen molar-refractivity contribution in [3.8, 4) is 5.75 Å². The fraction of sp³-hybridized carbons (Fsp3) is 0.500. The molecule has 150 valence electrons. The van der Waals surface area contributed by atoms with Crippen LogP contribution in [0.2, 0.25) is 0 Å². The molecule has 8 heteroatoms. The molecule has 0 aliphatic carbocycles. The van der Waals surface area contributed by atoms with E-state index in [0.717, 1.165) is 16.7 Å². The Balaban J connectivity index is 2.03. The Labute approximate surface area is 169 Å². The zero-order chi connectivity index (χ0) is 20.9. The lowest BCUT2D eigenvalue weighted by Crippen LogP contribution is -2.26. The van der Waals surface area contributed by atoms with Crippen molar-refractivity contribution >= 4 is 17.7 Å². The van der Waals surface area contributed by atoms with E-state index in [0.29, 0.717) is 16.6 Å². The van der Waals surface area contributed by atoms with Crippen LogP contribution in [0.5, 0.6) is 5.75 Å². The molecule has 3 rings (SSSR count). The molecule has 7 nitrogen and oxygen atoms in total. The maximum absolute atomic E-state index is 13.1.